The third-order valence-corrected chi connectivity index (χ3v) is 17.9. The molecule has 4 rings (SSSR count). The van der Waals surface area contributed by atoms with Gasteiger partial charge in [0.15, 0.2) is 0 Å². The lowest BCUT2D eigenvalue weighted by Gasteiger charge is -2.32. The highest BCUT2D eigenvalue weighted by Gasteiger charge is 2.44. The molecule has 15 N–H and O–H groups in total. The van der Waals surface area contributed by atoms with Crippen LogP contribution in [-0.4, -0.2) is 206 Å². The number of benzene rings is 1. The second-order valence-corrected chi connectivity index (χ2v) is 23.8. The number of thioether (sulfide) groups is 1. The molecule has 0 radical (unpaired) electrons. The van der Waals surface area contributed by atoms with Crippen LogP contribution in [0.2, 0.25) is 0 Å². The van der Waals surface area contributed by atoms with Crippen LogP contribution in [0.5, 0.6) is 5.75 Å². The lowest BCUT2D eigenvalue weighted by Crippen LogP contribution is -2.60. The fourth-order valence-corrected chi connectivity index (χ4v) is 12.4. The molecule has 11 amide bonds. The number of β-amino-alcohol motifs (C(OH)–C–C–N with tert-alkyl or cyclic N) is 1. The van der Waals surface area contributed by atoms with Crippen molar-refractivity contribution in [3.8, 4) is 5.75 Å². The van der Waals surface area contributed by atoms with E-state index in [-0.39, 0.29) is 96.8 Å². The molecule has 30 heteroatoms. The standard InChI is InChI=1S/C54H84N12O16S2/c1-8-28(4)46(62-43(73)10-3)51(78)58-21-44(74)60-29(5)26-84(81)53-34(33-11-13-40(82-7)35(48(33)64-53)25-83-32-16-18-65(23-32)45(75)15-17-57-42(72)9-2)20-37(49(56)76)61-52(79)47(30(6)39(70)24-67)63-50(77)38-19-31(69)22-66(38)54(80)36(59-27-68)12-14-41(55)71/h11,13,27-32,36-39,46-47,64,67,69-70H,8-10,12,14-26H2,1-7H3,(H2,55,71)(H2,56,76)(H,57,72)(H,58,78)(H,59,68)(H,60,74)(H,61,79)(H,62,73)(H,63,77)/t28-,29+,30-,31+,32?,36-,37-,38-,39-,46-,47-,84?/m0/s1. The van der Waals surface area contributed by atoms with E-state index in [4.69, 9.17) is 16.2 Å². The lowest BCUT2D eigenvalue weighted by atomic mass is 9.93. The van der Waals surface area contributed by atoms with Gasteiger partial charge in [0.1, 0.15) is 41.7 Å². The van der Waals surface area contributed by atoms with E-state index in [1.165, 1.54) is 25.8 Å². The van der Waals surface area contributed by atoms with Crippen LogP contribution in [0.4, 0.5) is 0 Å². The maximum Gasteiger partial charge on any atom is 0.245 e. The van der Waals surface area contributed by atoms with Crippen molar-refractivity contribution < 1.29 is 77.3 Å². The highest BCUT2D eigenvalue weighted by molar-refractivity contribution is 7.99. The third-order valence-electron chi connectivity index (χ3n) is 14.9. The van der Waals surface area contributed by atoms with Gasteiger partial charge in [-0.3, -0.25) is 52.7 Å². The number of hydrogen-bond donors (Lipinski definition) is 13. The molecule has 0 bridgehead atoms. The fourth-order valence-electron chi connectivity index (χ4n) is 9.80. The van der Waals surface area contributed by atoms with Crippen LogP contribution in [0.15, 0.2) is 17.2 Å². The molecule has 468 valence electrons. The number of primary amides is 2. The van der Waals surface area contributed by atoms with Crippen molar-refractivity contribution in [1.82, 2.24) is 52.0 Å². The van der Waals surface area contributed by atoms with Crippen molar-refractivity contribution in [3.63, 3.8) is 0 Å². The third kappa shape index (κ3) is 19.7. The molecule has 1 aromatic heterocycles. The average Bonchev–Trinajstić information content (AvgIpc) is 4.39. The molecule has 2 aromatic rings. The number of carbonyl (C=O) groups is 11. The topological polar surface area (TPSA) is 439 Å². The monoisotopic (exact) mass is 1220 g/mol. The SMILES string of the molecule is CCC(=O)NCCC(=O)N1CCC(SCc2c(OC)ccc3c(C[C@H](NC(=O)[C@@H](NC(=O)[C@@H]4C[C@@H](O)CN4C(=O)[C@H](CCC(N)=O)NC=O)[C@@H](C)[C@@H](O)CO)C(N)=O)c([S+]([O-])C[C@@H](C)NC(=O)CNC(=O)[C@@H](NC(=O)CC)[C@@H](C)CC)[nH]c23)C1. The first-order valence-electron chi connectivity index (χ1n) is 28.1. The van der Waals surface area contributed by atoms with E-state index >= 15 is 0 Å². The maximum atomic E-state index is 14.8. The van der Waals surface area contributed by atoms with Crippen LogP contribution >= 0.6 is 11.8 Å². The number of fused-ring (bicyclic) bond motifs is 1. The Hall–Kier alpha value is -6.73. The number of nitrogens with zero attached hydrogens (tertiary/aromatic N) is 2. The van der Waals surface area contributed by atoms with Crippen molar-refractivity contribution >= 4 is 99.3 Å². The van der Waals surface area contributed by atoms with Gasteiger partial charge in [-0.1, -0.05) is 41.0 Å². The second-order valence-electron chi connectivity index (χ2n) is 21.1. The zero-order valence-corrected chi connectivity index (χ0v) is 50.3. The van der Waals surface area contributed by atoms with E-state index in [1.807, 2.05) is 6.92 Å². The van der Waals surface area contributed by atoms with Crippen LogP contribution in [0.1, 0.15) is 104 Å². The van der Waals surface area contributed by atoms with Gasteiger partial charge >= 0.3 is 0 Å². The normalized spacial score (nSPS) is 19.1. The predicted molar refractivity (Wildman–Crippen MR) is 309 cm³/mol. The van der Waals surface area contributed by atoms with Gasteiger partial charge in [-0.05, 0) is 37.8 Å². The molecule has 2 fully saturated rings. The summed E-state index contributed by atoms with van der Waals surface area (Å²) >= 11 is -0.509. The van der Waals surface area contributed by atoms with Gasteiger partial charge in [0.2, 0.25) is 70.5 Å². The van der Waals surface area contributed by atoms with Gasteiger partial charge in [0.05, 0.1) is 44.0 Å². The predicted octanol–water partition coefficient (Wildman–Crippen LogP) is -3.08. The van der Waals surface area contributed by atoms with Gasteiger partial charge in [-0.15, -0.1) is 0 Å². The molecular weight excluding hydrogens is 1140 g/mol. The lowest BCUT2D eigenvalue weighted by molar-refractivity contribution is -0.142. The molecule has 0 aliphatic carbocycles. The summed E-state index contributed by atoms with van der Waals surface area (Å²) in [5.74, 6) is -7.66. The zero-order valence-electron chi connectivity index (χ0n) is 48.6. The Morgan fingerprint density at radius 2 is 1.60 bits per heavy atom. The number of ether oxygens (including phenoxy) is 1. The van der Waals surface area contributed by atoms with Crippen molar-refractivity contribution in [2.75, 3.05) is 52.2 Å². The highest BCUT2D eigenvalue weighted by Crippen LogP contribution is 2.38. The molecule has 0 spiro atoms. The van der Waals surface area contributed by atoms with Crippen LogP contribution in [0.25, 0.3) is 10.9 Å². The van der Waals surface area contributed by atoms with Crippen LogP contribution < -0.4 is 53.4 Å². The minimum atomic E-state index is -2.05. The summed E-state index contributed by atoms with van der Waals surface area (Å²) in [7, 11) is 1.46. The molecule has 2 saturated heterocycles. The Morgan fingerprint density at radius 1 is 0.893 bits per heavy atom. The molecule has 28 nitrogen and oxygen atoms in total. The van der Waals surface area contributed by atoms with E-state index in [0.717, 1.165) is 4.90 Å². The summed E-state index contributed by atoms with van der Waals surface area (Å²) in [4.78, 5) is 148. The van der Waals surface area contributed by atoms with E-state index < -0.39 is 126 Å². The van der Waals surface area contributed by atoms with Crippen molar-refractivity contribution in [3.05, 3.63) is 23.3 Å². The van der Waals surface area contributed by atoms with Crippen LogP contribution in [-0.2, 0) is 76.1 Å². The molecule has 12 atom stereocenters. The number of nitrogens with one attached hydrogen (secondary N) is 8. The Bertz CT molecular complexity index is 2660. The van der Waals surface area contributed by atoms with Gasteiger partial charge in [-0.2, -0.15) is 11.8 Å². The Balaban J connectivity index is 1.69. The fraction of sp³-hybridized carbons (Fsp3) is 0.648. The summed E-state index contributed by atoms with van der Waals surface area (Å²) < 4.78 is 20.6. The summed E-state index contributed by atoms with van der Waals surface area (Å²) in [5, 5.41) is 50.0. The van der Waals surface area contributed by atoms with Gasteiger partial charge < -0.3 is 88.1 Å². The van der Waals surface area contributed by atoms with E-state index in [9.17, 15) is 72.6 Å². The number of rotatable bonds is 35. The van der Waals surface area contributed by atoms with Crippen molar-refractivity contribution in [2.45, 2.75) is 164 Å². The summed E-state index contributed by atoms with van der Waals surface area (Å²) in [6, 6.07) is -4.58. The molecule has 2 unspecified atom stereocenters. The van der Waals surface area contributed by atoms with E-state index in [2.05, 4.69) is 42.2 Å². The molecule has 84 heavy (non-hydrogen) atoms. The highest BCUT2D eigenvalue weighted by atomic mass is 32.2. The number of aromatic amines is 1. The number of aliphatic hydroxyl groups excluding tert-OH is 3. The van der Waals surface area contributed by atoms with E-state index in [1.54, 1.807) is 44.7 Å². The number of aliphatic hydroxyl groups is 3. The van der Waals surface area contributed by atoms with Gasteiger partial charge in [-0.25, -0.2) is 0 Å². The zero-order chi connectivity index (χ0) is 62.5. The number of likely N-dealkylation sites (tertiary alicyclic amines) is 2. The summed E-state index contributed by atoms with van der Waals surface area (Å²) in [6.07, 6.45) is -2.20. The number of methoxy groups -OCH3 is 1. The first kappa shape index (κ1) is 69.8. The Morgan fingerprint density at radius 3 is 2.21 bits per heavy atom. The van der Waals surface area contributed by atoms with E-state index in [0.29, 0.717) is 60.3 Å². The van der Waals surface area contributed by atoms with Crippen LogP contribution in [0.3, 0.4) is 0 Å². The summed E-state index contributed by atoms with van der Waals surface area (Å²) in [5.41, 5.74) is 12.6. The minimum Gasteiger partial charge on any atom is -0.610 e. The first-order chi connectivity index (χ1) is 39.8. The number of H-pyrrole nitrogens is 1. The van der Waals surface area contributed by atoms with Gasteiger partial charge in [0.25, 0.3) is 0 Å². The maximum absolute atomic E-state index is 14.8. The molecule has 0 saturated carbocycles. The average molecular weight is 1220 g/mol. The minimum absolute atomic E-state index is 0.0194. The quantitative estimate of drug-likeness (QED) is 0.0240. The number of nitrogens with two attached hydrogens (primary N) is 2. The number of carbonyl (C=O) groups excluding carboxylic acids is 11. The van der Waals surface area contributed by atoms with Crippen molar-refractivity contribution in [2.24, 2.45) is 23.3 Å². The number of aromatic nitrogens is 1. The number of hydrogen-bond acceptors (Lipinski definition) is 17. The second kappa shape index (κ2) is 33.7. The smallest absolute Gasteiger partial charge is 0.245 e. The molecule has 2 aliphatic heterocycles. The molecular formula is C54H84N12O16S2. The molecule has 2 aliphatic rings. The van der Waals surface area contributed by atoms with Crippen LogP contribution in [0, 0.1) is 11.8 Å². The molecule has 3 heterocycles. The molecule has 1 aromatic carbocycles. The largest absolute Gasteiger partial charge is 0.610 e. The Kier molecular flexibility index (Phi) is 28.0. The van der Waals surface area contributed by atoms with Gasteiger partial charge in [0, 0.05) is 109 Å². The number of amides is 11. The van der Waals surface area contributed by atoms with Crippen molar-refractivity contribution in [1.29, 1.82) is 0 Å². The summed E-state index contributed by atoms with van der Waals surface area (Å²) in [6.45, 7) is 9.31. The first-order valence-corrected chi connectivity index (χ1v) is 30.5. The Labute approximate surface area is 495 Å².